The van der Waals surface area contributed by atoms with E-state index in [9.17, 15) is 14.4 Å². The molecule has 2 N–H and O–H groups in total. The molecular formula is C30H40N4O5. The van der Waals surface area contributed by atoms with Crippen molar-refractivity contribution in [2.45, 2.75) is 45.1 Å². The van der Waals surface area contributed by atoms with E-state index in [0.717, 1.165) is 18.5 Å². The molecule has 39 heavy (non-hydrogen) atoms. The van der Waals surface area contributed by atoms with E-state index in [-0.39, 0.29) is 37.0 Å². The SMILES string of the molecule is C[C@@H]1COc2ccccc2C(=O)NCCCCC2(CCN(C(=O)COc3cccc(N(C)C)c3)CC2)C(=O)N1. The normalized spacial score (nSPS) is 20.1. The second-order valence-electron chi connectivity index (χ2n) is 10.7. The van der Waals surface area contributed by atoms with E-state index in [4.69, 9.17) is 9.47 Å². The fourth-order valence-electron chi connectivity index (χ4n) is 5.16. The smallest absolute Gasteiger partial charge is 0.260 e. The molecule has 0 aromatic heterocycles. The number of para-hydroxylation sites is 1. The molecule has 1 spiro atoms. The van der Waals surface area contributed by atoms with E-state index in [1.165, 1.54) is 0 Å². The Balaban J connectivity index is 1.36. The molecule has 4 rings (SSSR count). The number of hydrogen-bond acceptors (Lipinski definition) is 6. The van der Waals surface area contributed by atoms with Crippen LogP contribution in [-0.2, 0) is 9.59 Å². The zero-order valence-corrected chi connectivity index (χ0v) is 23.2. The maximum absolute atomic E-state index is 13.6. The minimum absolute atomic E-state index is 0.0110. The Morgan fingerprint density at radius 3 is 2.62 bits per heavy atom. The number of amides is 3. The van der Waals surface area contributed by atoms with Crippen molar-refractivity contribution in [1.82, 2.24) is 15.5 Å². The molecule has 0 bridgehead atoms. The third-order valence-corrected chi connectivity index (χ3v) is 7.62. The summed E-state index contributed by atoms with van der Waals surface area (Å²) in [5, 5.41) is 6.12. The van der Waals surface area contributed by atoms with Crippen LogP contribution in [0, 0.1) is 5.41 Å². The van der Waals surface area contributed by atoms with Crippen molar-refractivity contribution in [3.05, 3.63) is 54.1 Å². The van der Waals surface area contributed by atoms with Crippen molar-refractivity contribution in [3.63, 3.8) is 0 Å². The Morgan fingerprint density at radius 2 is 1.85 bits per heavy atom. The summed E-state index contributed by atoms with van der Waals surface area (Å²) >= 11 is 0. The lowest BCUT2D eigenvalue weighted by Crippen LogP contribution is -2.53. The number of fused-ring (bicyclic) bond motifs is 1. The highest BCUT2D eigenvalue weighted by Gasteiger charge is 2.42. The summed E-state index contributed by atoms with van der Waals surface area (Å²) in [5.41, 5.74) is 0.942. The van der Waals surface area contributed by atoms with Gasteiger partial charge in [-0.15, -0.1) is 0 Å². The van der Waals surface area contributed by atoms with Gasteiger partial charge < -0.3 is 29.9 Å². The molecule has 2 aliphatic rings. The minimum Gasteiger partial charge on any atom is -0.491 e. The predicted octanol–water partition coefficient (Wildman–Crippen LogP) is 3.24. The molecular weight excluding hydrogens is 496 g/mol. The van der Waals surface area contributed by atoms with E-state index < -0.39 is 5.41 Å². The minimum atomic E-state index is -0.558. The highest BCUT2D eigenvalue weighted by atomic mass is 16.5. The molecule has 1 saturated heterocycles. The van der Waals surface area contributed by atoms with E-state index >= 15 is 0 Å². The maximum Gasteiger partial charge on any atom is 0.260 e. The van der Waals surface area contributed by atoms with Crippen LogP contribution in [0.15, 0.2) is 48.5 Å². The largest absolute Gasteiger partial charge is 0.491 e. The predicted molar refractivity (Wildman–Crippen MR) is 150 cm³/mol. The number of carbonyl (C=O) groups excluding carboxylic acids is 3. The van der Waals surface area contributed by atoms with Crippen molar-refractivity contribution < 1.29 is 23.9 Å². The van der Waals surface area contributed by atoms with Gasteiger partial charge in [-0.2, -0.15) is 0 Å². The number of carbonyl (C=O) groups is 3. The zero-order valence-electron chi connectivity index (χ0n) is 23.2. The van der Waals surface area contributed by atoms with Gasteiger partial charge in [0, 0.05) is 45.5 Å². The van der Waals surface area contributed by atoms with Crippen molar-refractivity contribution in [3.8, 4) is 11.5 Å². The Morgan fingerprint density at radius 1 is 1.08 bits per heavy atom. The van der Waals surface area contributed by atoms with Crippen molar-refractivity contribution in [2.75, 3.05) is 51.8 Å². The van der Waals surface area contributed by atoms with Crippen LogP contribution in [0.4, 0.5) is 5.69 Å². The molecule has 0 aliphatic carbocycles. The first-order valence-corrected chi connectivity index (χ1v) is 13.8. The van der Waals surface area contributed by atoms with E-state index in [0.29, 0.717) is 56.0 Å². The van der Waals surface area contributed by atoms with E-state index in [1.807, 2.05) is 62.3 Å². The molecule has 9 heteroatoms. The first-order valence-electron chi connectivity index (χ1n) is 13.8. The van der Waals surface area contributed by atoms with Gasteiger partial charge in [0.25, 0.3) is 11.8 Å². The highest BCUT2D eigenvalue weighted by Crippen LogP contribution is 2.37. The molecule has 1 fully saturated rings. The lowest BCUT2D eigenvalue weighted by molar-refractivity contribution is -0.142. The summed E-state index contributed by atoms with van der Waals surface area (Å²) < 4.78 is 11.7. The molecule has 2 aliphatic heterocycles. The number of anilines is 1. The summed E-state index contributed by atoms with van der Waals surface area (Å²) in [6.45, 7) is 3.65. The zero-order chi connectivity index (χ0) is 27.8. The van der Waals surface area contributed by atoms with Gasteiger partial charge in [0.15, 0.2) is 6.61 Å². The number of benzene rings is 2. The quantitative estimate of drug-likeness (QED) is 0.623. The molecule has 3 amide bonds. The van der Waals surface area contributed by atoms with Gasteiger partial charge in [-0.25, -0.2) is 0 Å². The number of nitrogens with one attached hydrogen (secondary N) is 2. The second-order valence-corrected chi connectivity index (χ2v) is 10.7. The summed E-state index contributed by atoms with van der Waals surface area (Å²) in [7, 11) is 3.91. The topological polar surface area (TPSA) is 100 Å². The molecule has 0 radical (unpaired) electrons. The highest BCUT2D eigenvalue weighted by molar-refractivity contribution is 5.96. The van der Waals surface area contributed by atoms with Gasteiger partial charge in [-0.05, 0) is 56.9 Å². The first kappa shape index (κ1) is 28.3. The number of ether oxygens (including phenoxy) is 2. The third kappa shape index (κ3) is 7.22. The Labute approximate surface area is 230 Å². The molecule has 0 unspecified atom stereocenters. The van der Waals surface area contributed by atoms with Crippen LogP contribution >= 0.6 is 0 Å². The average molecular weight is 537 g/mol. The van der Waals surface area contributed by atoms with Crippen molar-refractivity contribution >= 4 is 23.4 Å². The lowest BCUT2D eigenvalue weighted by Gasteiger charge is -2.41. The van der Waals surface area contributed by atoms with Crippen LogP contribution in [0.5, 0.6) is 11.5 Å². The molecule has 210 valence electrons. The first-order chi connectivity index (χ1) is 18.8. The Bertz CT molecular complexity index is 1160. The van der Waals surface area contributed by atoms with Gasteiger partial charge >= 0.3 is 0 Å². The van der Waals surface area contributed by atoms with Crippen molar-refractivity contribution in [1.29, 1.82) is 0 Å². The van der Waals surface area contributed by atoms with Gasteiger partial charge in [-0.1, -0.05) is 24.6 Å². The number of piperidine rings is 1. The summed E-state index contributed by atoms with van der Waals surface area (Å²) in [6.07, 6.45) is 3.45. The van der Waals surface area contributed by atoms with Gasteiger partial charge in [0.2, 0.25) is 5.91 Å². The van der Waals surface area contributed by atoms with Gasteiger partial charge in [0.1, 0.15) is 18.1 Å². The monoisotopic (exact) mass is 536 g/mol. The van der Waals surface area contributed by atoms with Crippen LogP contribution in [0.25, 0.3) is 0 Å². The van der Waals surface area contributed by atoms with Crippen LogP contribution in [0.3, 0.4) is 0 Å². The van der Waals surface area contributed by atoms with Crippen LogP contribution in [0.2, 0.25) is 0 Å². The number of nitrogens with zero attached hydrogens (tertiary/aromatic N) is 2. The molecule has 2 aromatic carbocycles. The molecule has 2 aromatic rings. The average Bonchev–Trinajstić information content (AvgIpc) is 2.94. The third-order valence-electron chi connectivity index (χ3n) is 7.62. The second kappa shape index (κ2) is 12.9. The lowest BCUT2D eigenvalue weighted by atomic mass is 9.73. The summed E-state index contributed by atoms with van der Waals surface area (Å²) in [5.74, 6) is 0.933. The Kier molecular flexibility index (Phi) is 9.32. The summed E-state index contributed by atoms with van der Waals surface area (Å²) in [4.78, 5) is 43.0. The molecule has 2 heterocycles. The van der Waals surface area contributed by atoms with Crippen molar-refractivity contribution in [2.24, 2.45) is 5.41 Å². The van der Waals surface area contributed by atoms with Crippen LogP contribution in [0.1, 0.15) is 49.4 Å². The molecule has 9 nitrogen and oxygen atoms in total. The maximum atomic E-state index is 13.6. The molecule has 1 atom stereocenters. The van der Waals surface area contributed by atoms with Gasteiger partial charge in [0.05, 0.1) is 17.0 Å². The van der Waals surface area contributed by atoms with Crippen LogP contribution in [-0.4, -0.2) is 75.6 Å². The summed E-state index contributed by atoms with van der Waals surface area (Å²) in [6, 6.07) is 14.6. The fraction of sp³-hybridized carbons (Fsp3) is 0.500. The van der Waals surface area contributed by atoms with Crippen LogP contribution < -0.4 is 25.0 Å². The van der Waals surface area contributed by atoms with Gasteiger partial charge in [-0.3, -0.25) is 14.4 Å². The number of hydrogen-bond donors (Lipinski definition) is 2. The van der Waals surface area contributed by atoms with E-state index in [1.54, 1.807) is 17.0 Å². The standard InChI is InChI=1S/C30H40N4O5/c1-22-20-39-26-12-5-4-11-25(26)28(36)31-16-7-6-13-30(29(37)32-22)14-17-34(18-15-30)27(35)21-38-24-10-8-9-23(19-24)33(2)3/h4-5,8-12,19,22H,6-7,13-18,20-21H2,1-3H3,(H,31,36)(H,32,37)/t22-/m1/s1. The van der Waals surface area contributed by atoms with E-state index in [2.05, 4.69) is 10.6 Å². The Hall–Kier alpha value is -3.75. The number of likely N-dealkylation sites (tertiary alicyclic amines) is 1. The fourth-order valence-corrected chi connectivity index (χ4v) is 5.16. The molecule has 0 saturated carbocycles. The number of rotatable bonds is 4.